The van der Waals surface area contributed by atoms with Gasteiger partial charge in [-0.25, -0.2) is 0 Å². The largest absolute Gasteiger partial charge is 0.508 e. The summed E-state index contributed by atoms with van der Waals surface area (Å²) in [5.41, 5.74) is 6.49. The van der Waals surface area contributed by atoms with Crippen molar-refractivity contribution in [3.8, 4) is 5.75 Å². The normalized spacial score (nSPS) is 19.6. The number of phenols is 1. The van der Waals surface area contributed by atoms with Gasteiger partial charge in [0.2, 0.25) is 0 Å². The smallest absolute Gasteiger partial charge is 0.253 e. The van der Waals surface area contributed by atoms with Crippen LogP contribution in [0.1, 0.15) is 12.8 Å². The fourth-order valence-corrected chi connectivity index (χ4v) is 1.66. The minimum absolute atomic E-state index is 0.0765. The quantitative estimate of drug-likeness (QED) is 0.516. The number of hydrogen-bond acceptors (Lipinski definition) is 4. The minimum Gasteiger partial charge on any atom is -0.508 e. The Labute approximate surface area is 93.2 Å². The highest BCUT2D eigenvalue weighted by atomic mass is 16.5. The molecule has 5 nitrogen and oxygen atoms in total. The second-order valence-electron chi connectivity index (χ2n) is 3.76. The van der Waals surface area contributed by atoms with Crippen LogP contribution in [0.3, 0.4) is 0 Å². The first-order chi connectivity index (χ1) is 7.66. The molecular weight excluding hydrogens is 208 g/mol. The maximum absolute atomic E-state index is 11.7. The molecule has 1 atom stereocenters. The van der Waals surface area contributed by atoms with Gasteiger partial charge in [0.05, 0.1) is 11.4 Å². The number of amides is 1. The maximum Gasteiger partial charge on any atom is 0.253 e. The minimum atomic E-state index is -0.381. The third-order valence-corrected chi connectivity index (χ3v) is 2.52. The van der Waals surface area contributed by atoms with E-state index in [1.165, 1.54) is 12.1 Å². The molecule has 4 N–H and O–H groups in total. The molecule has 1 aliphatic rings. The lowest BCUT2D eigenvalue weighted by Gasteiger charge is -2.12. The molecule has 1 aliphatic heterocycles. The Hall–Kier alpha value is -1.75. The summed E-state index contributed by atoms with van der Waals surface area (Å²) < 4.78 is 5.25. The second-order valence-corrected chi connectivity index (χ2v) is 3.76. The third kappa shape index (κ3) is 2.25. The van der Waals surface area contributed by atoms with Crippen LogP contribution in [0, 0.1) is 0 Å². The van der Waals surface area contributed by atoms with Gasteiger partial charge in [-0.2, -0.15) is 0 Å². The van der Waals surface area contributed by atoms with Crippen molar-refractivity contribution in [1.29, 1.82) is 0 Å². The van der Waals surface area contributed by atoms with E-state index in [9.17, 15) is 4.79 Å². The molecular formula is C11H14N2O3. The van der Waals surface area contributed by atoms with Crippen LogP contribution in [0.25, 0.3) is 0 Å². The number of ether oxygens (including phenoxy) is 1. The molecule has 1 saturated heterocycles. The van der Waals surface area contributed by atoms with E-state index in [0.29, 0.717) is 18.0 Å². The molecule has 0 aliphatic carbocycles. The molecule has 1 unspecified atom stereocenters. The monoisotopic (exact) mass is 222 g/mol. The van der Waals surface area contributed by atoms with Crippen LogP contribution >= 0.6 is 0 Å². The van der Waals surface area contributed by atoms with Gasteiger partial charge in [0, 0.05) is 12.7 Å². The summed E-state index contributed by atoms with van der Waals surface area (Å²) in [6.07, 6.45) is 1.26. The van der Waals surface area contributed by atoms with Gasteiger partial charge in [0.25, 0.3) is 5.91 Å². The summed E-state index contributed by atoms with van der Waals surface area (Å²) in [5, 5.41) is 11.8. The first-order valence-electron chi connectivity index (χ1n) is 5.18. The molecule has 5 heteroatoms. The van der Waals surface area contributed by atoms with E-state index in [2.05, 4.69) is 5.32 Å². The van der Waals surface area contributed by atoms with Crippen molar-refractivity contribution >= 4 is 17.3 Å². The average Bonchev–Trinajstić information content (AvgIpc) is 2.75. The number of rotatable bonds is 2. The van der Waals surface area contributed by atoms with Gasteiger partial charge in [-0.05, 0) is 25.0 Å². The summed E-state index contributed by atoms with van der Waals surface area (Å²) in [6, 6.07) is 4.43. The zero-order valence-electron chi connectivity index (χ0n) is 8.77. The van der Waals surface area contributed by atoms with E-state index in [0.717, 1.165) is 12.8 Å². The van der Waals surface area contributed by atoms with Crippen molar-refractivity contribution in [1.82, 2.24) is 0 Å². The van der Waals surface area contributed by atoms with Crippen molar-refractivity contribution in [2.75, 3.05) is 17.7 Å². The van der Waals surface area contributed by atoms with E-state index >= 15 is 0 Å². The molecule has 16 heavy (non-hydrogen) atoms. The highest BCUT2D eigenvalue weighted by Gasteiger charge is 2.23. The number of aromatic hydroxyl groups is 1. The third-order valence-electron chi connectivity index (χ3n) is 2.52. The number of benzene rings is 1. The Morgan fingerprint density at radius 3 is 3.00 bits per heavy atom. The molecule has 2 rings (SSSR count). The Morgan fingerprint density at radius 2 is 2.38 bits per heavy atom. The number of nitrogens with one attached hydrogen (secondary N) is 1. The molecule has 86 valence electrons. The lowest BCUT2D eigenvalue weighted by atomic mass is 10.2. The number of hydrogen-bond donors (Lipinski definition) is 3. The van der Waals surface area contributed by atoms with Gasteiger partial charge < -0.3 is 20.9 Å². The van der Waals surface area contributed by atoms with Crippen molar-refractivity contribution < 1.29 is 14.6 Å². The number of carbonyl (C=O) groups excluding carboxylic acids is 1. The molecule has 1 heterocycles. The van der Waals surface area contributed by atoms with Gasteiger partial charge in [-0.3, -0.25) is 4.79 Å². The highest BCUT2D eigenvalue weighted by Crippen LogP contribution is 2.24. The lowest BCUT2D eigenvalue weighted by molar-refractivity contribution is -0.124. The SMILES string of the molecule is Nc1cc(O)ccc1NC(=O)C1CCCO1. The Balaban J connectivity index is 2.05. The molecule has 0 aromatic heterocycles. The van der Waals surface area contributed by atoms with Gasteiger partial charge in [0.15, 0.2) is 0 Å². The Kier molecular flexibility index (Phi) is 2.96. The second kappa shape index (κ2) is 4.40. The van der Waals surface area contributed by atoms with Gasteiger partial charge in [-0.15, -0.1) is 0 Å². The van der Waals surface area contributed by atoms with Crippen LogP contribution in [-0.2, 0) is 9.53 Å². The van der Waals surface area contributed by atoms with Crippen LogP contribution < -0.4 is 11.1 Å². The van der Waals surface area contributed by atoms with Gasteiger partial charge >= 0.3 is 0 Å². The zero-order valence-corrected chi connectivity index (χ0v) is 8.77. The van der Waals surface area contributed by atoms with Crippen LogP contribution in [0.5, 0.6) is 5.75 Å². The van der Waals surface area contributed by atoms with E-state index in [4.69, 9.17) is 15.6 Å². The van der Waals surface area contributed by atoms with Crippen molar-refractivity contribution in [2.24, 2.45) is 0 Å². The summed E-state index contributed by atoms with van der Waals surface area (Å²) >= 11 is 0. The maximum atomic E-state index is 11.7. The Bertz CT molecular complexity index is 400. The number of nitrogen functional groups attached to an aromatic ring is 1. The predicted octanol–water partition coefficient (Wildman–Crippen LogP) is 1.09. The summed E-state index contributed by atoms with van der Waals surface area (Å²) in [4.78, 5) is 11.7. The number of phenolic OH excluding ortho intramolecular Hbond substituents is 1. The van der Waals surface area contributed by atoms with Crippen molar-refractivity contribution in [3.05, 3.63) is 18.2 Å². The highest BCUT2D eigenvalue weighted by molar-refractivity contribution is 5.97. The first-order valence-corrected chi connectivity index (χ1v) is 5.18. The number of anilines is 2. The molecule has 0 bridgehead atoms. The van der Waals surface area contributed by atoms with E-state index in [1.807, 2.05) is 0 Å². The van der Waals surface area contributed by atoms with Crippen LogP contribution in [0.4, 0.5) is 11.4 Å². The van der Waals surface area contributed by atoms with E-state index < -0.39 is 0 Å². The summed E-state index contributed by atoms with van der Waals surface area (Å²) in [5.74, 6) is -0.109. The fraction of sp³-hybridized carbons (Fsp3) is 0.364. The van der Waals surface area contributed by atoms with Crippen molar-refractivity contribution in [2.45, 2.75) is 18.9 Å². The van der Waals surface area contributed by atoms with Crippen LogP contribution in [-0.4, -0.2) is 23.7 Å². The van der Waals surface area contributed by atoms with E-state index in [-0.39, 0.29) is 17.8 Å². The lowest BCUT2D eigenvalue weighted by Crippen LogP contribution is -2.27. The average molecular weight is 222 g/mol. The van der Waals surface area contributed by atoms with Crippen molar-refractivity contribution in [3.63, 3.8) is 0 Å². The molecule has 0 radical (unpaired) electrons. The number of nitrogens with two attached hydrogens (primary N) is 1. The summed E-state index contributed by atoms with van der Waals surface area (Å²) in [7, 11) is 0. The Morgan fingerprint density at radius 1 is 1.56 bits per heavy atom. The predicted molar refractivity (Wildman–Crippen MR) is 60.1 cm³/mol. The first kappa shape index (κ1) is 10.8. The molecule has 1 fully saturated rings. The molecule has 0 saturated carbocycles. The van der Waals surface area contributed by atoms with Crippen LogP contribution in [0.15, 0.2) is 18.2 Å². The molecule has 1 amide bonds. The number of carbonyl (C=O) groups is 1. The van der Waals surface area contributed by atoms with E-state index in [1.54, 1.807) is 6.07 Å². The fourth-order valence-electron chi connectivity index (χ4n) is 1.66. The topological polar surface area (TPSA) is 84.6 Å². The molecule has 1 aromatic rings. The zero-order chi connectivity index (χ0) is 11.5. The van der Waals surface area contributed by atoms with Crippen LogP contribution in [0.2, 0.25) is 0 Å². The standard InChI is InChI=1S/C11H14N2O3/c12-8-6-7(14)3-4-9(8)13-11(15)10-2-1-5-16-10/h3-4,6,10,14H,1-2,5,12H2,(H,13,15). The summed E-state index contributed by atoms with van der Waals surface area (Å²) in [6.45, 7) is 0.628. The molecule has 1 aromatic carbocycles. The van der Waals surface area contributed by atoms with Gasteiger partial charge in [0.1, 0.15) is 11.9 Å². The molecule has 0 spiro atoms. The van der Waals surface area contributed by atoms with Gasteiger partial charge in [-0.1, -0.05) is 0 Å².